The van der Waals surface area contributed by atoms with Crippen molar-refractivity contribution in [2.24, 2.45) is 0 Å². The first kappa shape index (κ1) is 4.77. The van der Waals surface area contributed by atoms with Gasteiger partial charge in [-0.2, -0.15) is 0 Å². The Bertz CT molecular complexity index is 72.5. The fourth-order valence-electron chi connectivity index (χ4n) is 1.70. The minimum atomic E-state index is 0.759. The van der Waals surface area contributed by atoms with E-state index in [-0.39, 0.29) is 0 Å². The molecule has 1 atom stereocenters. The van der Waals surface area contributed by atoms with Crippen LogP contribution >= 0.6 is 0 Å². The molecule has 0 aromatic carbocycles. The van der Waals surface area contributed by atoms with Crippen molar-refractivity contribution in [3.63, 3.8) is 0 Å². The van der Waals surface area contributed by atoms with E-state index in [0.29, 0.717) is 0 Å². The SMILES string of the molecule is C1CC2NCCN2C1. The van der Waals surface area contributed by atoms with Gasteiger partial charge < -0.3 is 5.32 Å². The molecule has 2 aliphatic rings. The summed E-state index contributed by atoms with van der Waals surface area (Å²) in [5.74, 6) is 0. The monoisotopic (exact) mass is 112 g/mol. The Morgan fingerprint density at radius 1 is 1.38 bits per heavy atom. The largest absolute Gasteiger partial charge is 0.300 e. The average Bonchev–Trinajstić information content (AvgIpc) is 2.15. The molecule has 2 saturated heterocycles. The zero-order chi connectivity index (χ0) is 5.40. The van der Waals surface area contributed by atoms with Crippen LogP contribution in [-0.4, -0.2) is 30.7 Å². The van der Waals surface area contributed by atoms with Crippen molar-refractivity contribution >= 4 is 0 Å². The molecule has 8 heavy (non-hydrogen) atoms. The minimum Gasteiger partial charge on any atom is -0.300 e. The topological polar surface area (TPSA) is 15.3 Å². The third-order valence-corrected chi connectivity index (χ3v) is 2.14. The molecule has 0 spiro atoms. The number of hydrogen-bond donors (Lipinski definition) is 1. The van der Waals surface area contributed by atoms with E-state index < -0.39 is 0 Å². The van der Waals surface area contributed by atoms with Gasteiger partial charge in [-0.25, -0.2) is 0 Å². The third kappa shape index (κ3) is 0.565. The molecule has 2 heteroatoms. The van der Waals surface area contributed by atoms with E-state index in [1.54, 1.807) is 0 Å². The predicted octanol–water partition coefficient (Wildman–Crippen LogP) is 0.0115. The molecular weight excluding hydrogens is 100 g/mol. The van der Waals surface area contributed by atoms with Crippen molar-refractivity contribution in [1.82, 2.24) is 10.2 Å². The second-order valence-corrected chi connectivity index (χ2v) is 2.65. The Balaban J connectivity index is 2.04. The minimum absolute atomic E-state index is 0.759. The van der Waals surface area contributed by atoms with Crippen molar-refractivity contribution in [3.05, 3.63) is 0 Å². The molecule has 0 aromatic heterocycles. The summed E-state index contributed by atoms with van der Waals surface area (Å²) < 4.78 is 0. The lowest BCUT2D eigenvalue weighted by Crippen LogP contribution is -2.28. The van der Waals surface area contributed by atoms with Crippen LogP contribution in [0.2, 0.25) is 0 Å². The molecule has 2 heterocycles. The molecule has 2 fully saturated rings. The molecule has 2 nitrogen and oxygen atoms in total. The second kappa shape index (κ2) is 1.71. The van der Waals surface area contributed by atoms with Gasteiger partial charge in [0.05, 0.1) is 6.17 Å². The van der Waals surface area contributed by atoms with Crippen LogP contribution in [0.3, 0.4) is 0 Å². The summed E-state index contributed by atoms with van der Waals surface area (Å²) in [5.41, 5.74) is 0. The summed E-state index contributed by atoms with van der Waals surface area (Å²) in [4.78, 5) is 2.53. The highest BCUT2D eigenvalue weighted by atomic mass is 15.3. The molecule has 1 unspecified atom stereocenters. The predicted molar refractivity (Wildman–Crippen MR) is 32.6 cm³/mol. The van der Waals surface area contributed by atoms with E-state index in [4.69, 9.17) is 0 Å². The first-order valence-corrected chi connectivity index (χ1v) is 3.44. The molecule has 0 aliphatic carbocycles. The van der Waals surface area contributed by atoms with E-state index in [1.165, 1.54) is 32.5 Å². The van der Waals surface area contributed by atoms with Gasteiger partial charge in [-0.15, -0.1) is 0 Å². The maximum atomic E-state index is 3.44. The highest BCUT2D eigenvalue weighted by Crippen LogP contribution is 2.16. The Hall–Kier alpha value is -0.0800. The van der Waals surface area contributed by atoms with Gasteiger partial charge in [0, 0.05) is 13.1 Å². The Morgan fingerprint density at radius 3 is 3.25 bits per heavy atom. The molecule has 2 rings (SSSR count). The Morgan fingerprint density at radius 2 is 2.38 bits per heavy atom. The standard InChI is InChI=1S/C6H12N2/c1-2-6-7-3-5-8(6)4-1/h6-7H,1-5H2. The first-order valence-electron chi connectivity index (χ1n) is 3.44. The van der Waals surface area contributed by atoms with Crippen molar-refractivity contribution < 1.29 is 0 Å². The van der Waals surface area contributed by atoms with Gasteiger partial charge in [-0.3, -0.25) is 4.90 Å². The van der Waals surface area contributed by atoms with E-state index in [1.807, 2.05) is 0 Å². The summed E-state index contributed by atoms with van der Waals surface area (Å²) in [7, 11) is 0. The van der Waals surface area contributed by atoms with Crippen LogP contribution < -0.4 is 5.32 Å². The number of rotatable bonds is 0. The number of nitrogens with one attached hydrogen (secondary N) is 1. The summed E-state index contributed by atoms with van der Waals surface area (Å²) in [6, 6.07) is 0. The van der Waals surface area contributed by atoms with Gasteiger partial charge in [0.15, 0.2) is 0 Å². The van der Waals surface area contributed by atoms with Crippen molar-refractivity contribution in [2.45, 2.75) is 19.0 Å². The van der Waals surface area contributed by atoms with Crippen molar-refractivity contribution in [3.8, 4) is 0 Å². The van der Waals surface area contributed by atoms with Gasteiger partial charge in [0.1, 0.15) is 0 Å². The highest BCUT2D eigenvalue weighted by molar-refractivity contribution is 4.82. The summed E-state index contributed by atoms with van der Waals surface area (Å²) in [6.07, 6.45) is 3.53. The van der Waals surface area contributed by atoms with Crippen LogP contribution in [0.25, 0.3) is 0 Å². The van der Waals surface area contributed by atoms with Crippen molar-refractivity contribution in [1.29, 1.82) is 0 Å². The van der Waals surface area contributed by atoms with Crippen LogP contribution in [0.4, 0.5) is 0 Å². The molecular formula is C6H12N2. The number of nitrogens with zero attached hydrogens (tertiary/aromatic N) is 1. The first-order chi connectivity index (χ1) is 3.97. The van der Waals surface area contributed by atoms with Gasteiger partial charge in [-0.05, 0) is 19.4 Å². The van der Waals surface area contributed by atoms with E-state index in [2.05, 4.69) is 10.2 Å². The van der Waals surface area contributed by atoms with Crippen LogP contribution in [0.15, 0.2) is 0 Å². The molecule has 2 aliphatic heterocycles. The van der Waals surface area contributed by atoms with Crippen LogP contribution in [0.1, 0.15) is 12.8 Å². The van der Waals surface area contributed by atoms with Crippen molar-refractivity contribution in [2.75, 3.05) is 19.6 Å². The van der Waals surface area contributed by atoms with Gasteiger partial charge in [-0.1, -0.05) is 0 Å². The average molecular weight is 112 g/mol. The van der Waals surface area contributed by atoms with Gasteiger partial charge in [0.2, 0.25) is 0 Å². The fraction of sp³-hybridized carbons (Fsp3) is 1.00. The molecule has 0 aromatic rings. The van der Waals surface area contributed by atoms with Crippen LogP contribution in [-0.2, 0) is 0 Å². The molecule has 0 radical (unpaired) electrons. The zero-order valence-electron chi connectivity index (χ0n) is 5.06. The fourth-order valence-corrected chi connectivity index (χ4v) is 1.70. The van der Waals surface area contributed by atoms with E-state index in [9.17, 15) is 0 Å². The maximum absolute atomic E-state index is 3.44. The number of fused-ring (bicyclic) bond motifs is 1. The number of hydrogen-bond acceptors (Lipinski definition) is 2. The lowest BCUT2D eigenvalue weighted by molar-refractivity contribution is 0.312. The van der Waals surface area contributed by atoms with Crippen LogP contribution in [0, 0.1) is 0 Å². The van der Waals surface area contributed by atoms with E-state index >= 15 is 0 Å². The second-order valence-electron chi connectivity index (χ2n) is 2.65. The quantitative estimate of drug-likeness (QED) is 0.475. The van der Waals surface area contributed by atoms with Gasteiger partial charge in [0.25, 0.3) is 0 Å². The zero-order valence-corrected chi connectivity index (χ0v) is 5.06. The Labute approximate surface area is 49.9 Å². The Kier molecular flexibility index (Phi) is 1.02. The molecule has 46 valence electrons. The van der Waals surface area contributed by atoms with Crippen LogP contribution in [0.5, 0.6) is 0 Å². The van der Waals surface area contributed by atoms with E-state index in [0.717, 1.165) is 6.17 Å². The lowest BCUT2D eigenvalue weighted by Gasteiger charge is -2.11. The molecule has 0 amide bonds. The molecule has 0 saturated carbocycles. The molecule has 0 bridgehead atoms. The van der Waals surface area contributed by atoms with Gasteiger partial charge >= 0.3 is 0 Å². The maximum Gasteiger partial charge on any atom is 0.0598 e. The molecule has 1 N–H and O–H groups in total. The highest BCUT2D eigenvalue weighted by Gasteiger charge is 2.27. The smallest absolute Gasteiger partial charge is 0.0598 e. The summed E-state index contributed by atoms with van der Waals surface area (Å²) >= 11 is 0. The summed E-state index contributed by atoms with van der Waals surface area (Å²) in [6.45, 7) is 3.83. The third-order valence-electron chi connectivity index (χ3n) is 2.14. The lowest BCUT2D eigenvalue weighted by atomic mass is 10.3. The summed E-state index contributed by atoms with van der Waals surface area (Å²) in [5, 5.41) is 3.44. The normalized spacial score (nSPS) is 38.2.